The highest BCUT2D eigenvalue weighted by molar-refractivity contribution is 7.91. The molecule has 0 fully saturated rings. The van der Waals surface area contributed by atoms with Gasteiger partial charge in [0.15, 0.2) is 0 Å². The number of carbonyl (C=O) groups excluding carboxylic acids is 1. The Hall–Kier alpha value is -2.62. The summed E-state index contributed by atoms with van der Waals surface area (Å²) in [6.45, 7) is 1.31. The minimum Gasteiger partial charge on any atom is -0.301 e. The van der Waals surface area contributed by atoms with Crippen molar-refractivity contribution < 1.29 is 13.2 Å². The van der Waals surface area contributed by atoms with Crippen LogP contribution in [0.3, 0.4) is 0 Å². The molecule has 3 aromatic rings. The number of anilines is 1. The third kappa shape index (κ3) is 4.31. The molecule has 2 aromatic carbocycles. The van der Waals surface area contributed by atoms with Crippen LogP contribution in [0.2, 0.25) is 0 Å². The van der Waals surface area contributed by atoms with Crippen LogP contribution >= 0.6 is 11.3 Å². The predicted octanol–water partition coefficient (Wildman–Crippen LogP) is 2.56. The van der Waals surface area contributed by atoms with Gasteiger partial charge >= 0.3 is 0 Å². The van der Waals surface area contributed by atoms with Gasteiger partial charge in [0.2, 0.25) is 15.4 Å². The van der Waals surface area contributed by atoms with E-state index in [4.69, 9.17) is 0 Å². The van der Waals surface area contributed by atoms with Crippen molar-refractivity contribution in [2.75, 3.05) is 5.32 Å². The van der Waals surface area contributed by atoms with Crippen molar-refractivity contribution >= 4 is 32.4 Å². The smallest absolute Gasteiger partial charge is 0.270 e. The highest BCUT2D eigenvalue weighted by atomic mass is 32.2. The Bertz CT molecular complexity index is 950. The van der Waals surface area contributed by atoms with Crippen LogP contribution in [0, 0.1) is 0 Å². The van der Waals surface area contributed by atoms with Crippen molar-refractivity contribution in [2.45, 2.75) is 17.3 Å². The summed E-state index contributed by atoms with van der Waals surface area (Å²) >= 11 is 0.796. The Balaban J connectivity index is 1.93. The molecule has 2 N–H and O–H groups in total. The van der Waals surface area contributed by atoms with Gasteiger partial charge in [0.05, 0.1) is 6.04 Å². The number of hydrogen-bond acceptors (Lipinski definition) is 6. The van der Waals surface area contributed by atoms with Crippen molar-refractivity contribution in [1.82, 2.24) is 14.9 Å². The van der Waals surface area contributed by atoms with Gasteiger partial charge in [0, 0.05) is 6.92 Å². The van der Waals surface area contributed by atoms with Crippen LogP contribution in [0.25, 0.3) is 0 Å². The van der Waals surface area contributed by atoms with Gasteiger partial charge in [-0.3, -0.25) is 4.79 Å². The molecule has 0 bridgehead atoms. The Labute approximate surface area is 155 Å². The molecule has 3 rings (SSSR count). The lowest BCUT2D eigenvalue weighted by Gasteiger charge is -2.18. The molecule has 0 radical (unpaired) electrons. The van der Waals surface area contributed by atoms with Gasteiger partial charge < -0.3 is 5.32 Å². The highest BCUT2D eigenvalue weighted by Gasteiger charge is 2.26. The molecule has 1 heterocycles. The quantitative estimate of drug-likeness (QED) is 0.632. The van der Waals surface area contributed by atoms with E-state index in [2.05, 4.69) is 20.2 Å². The molecule has 1 amide bonds. The van der Waals surface area contributed by atoms with Gasteiger partial charge in [0.1, 0.15) is 0 Å². The summed E-state index contributed by atoms with van der Waals surface area (Å²) in [6, 6.07) is 17.9. The van der Waals surface area contributed by atoms with E-state index in [0.29, 0.717) is 0 Å². The number of carbonyl (C=O) groups is 1. The number of nitrogens with one attached hydrogen (secondary N) is 2. The molecular formula is C17H16N4O3S2. The number of sulfonamides is 1. The zero-order valence-corrected chi connectivity index (χ0v) is 15.4. The number of amides is 1. The average molecular weight is 388 g/mol. The zero-order valence-electron chi connectivity index (χ0n) is 13.8. The van der Waals surface area contributed by atoms with E-state index in [-0.39, 0.29) is 15.4 Å². The van der Waals surface area contributed by atoms with Crippen molar-refractivity contribution in [1.29, 1.82) is 0 Å². The Kier molecular flexibility index (Phi) is 5.40. The summed E-state index contributed by atoms with van der Waals surface area (Å²) in [5.41, 5.74) is 1.60. The number of hydrogen-bond donors (Lipinski definition) is 2. The molecular weight excluding hydrogens is 372 g/mol. The van der Waals surface area contributed by atoms with Gasteiger partial charge in [-0.05, 0) is 11.1 Å². The van der Waals surface area contributed by atoms with Gasteiger partial charge in [-0.1, -0.05) is 72.0 Å². The van der Waals surface area contributed by atoms with Crippen molar-refractivity contribution in [3.8, 4) is 0 Å². The largest absolute Gasteiger partial charge is 0.301 e. The molecule has 0 atom stereocenters. The van der Waals surface area contributed by atoms with E-state index in [1.807, 2.05) is 60.7 Å². The van der Waals surface area contributed by atoms with Crippen LogP contribution in [-0.4, -0.2) is 24.5 Å². The van der Waals surface area contributed by atoms with E-state index in [1.54, 1.807) is 0 Å². The van der Waals surface area contributed by atoms with Crippen LogP contribution in [0.4, 0.5) is 5.13 Å². The summed E-state index contributed by atoms with van der Waals surface area (Å²) < 4.78 is 28.0. The minimum atomic E-state index is -3.93. The predicted molar refractivity (Wildman–Crippen MR) is 99.3 cm³/mol. The molecule has 134 valence electrons. The first-order valence-electron chi connectivity index (χ1n) is 7.69. The Morgan fingerprint density at radius 3 is 2.00 bits per heavy atom. The van der Waals surface area contributed by atoms with E-state index in [9.17, 15) is 13.2 Å². The number of nitrogens with zero attached hydrogens (tertiary/aromatic N) is 2. The first-order valence-corrected chi connectivity index (χ1v) is 9.99. The standard InChI is InChI=1S/C17H16N4O3S2/c1-12(22)18-16-19-20-17(25-16)26(23,24)21-15(13-8-4-2-5-9-13)14-10-6-3-7-11-14/h2-11,15,21H,1H3,(H,18,19,22). The Morgan fingerprint density at radius 2 is 1.50 bits per heavy atom. The zero-order chi connectivity index (χ0) is 18.6. The van der Waals surface area contributed by atoms with Crippen LogP contribution in [0.5, 0.6) is 0 Å². The molecule has 26 heavy (non-hydrogen) atoms. The second kappa shape index (κ2) is 7.73. The fraction of sp³-hybridized carbons (Fsp3) is 0.118. The van der Waals surface area contributed by atoms with Crippen LogP contribution < -0.4 is 10.0 Å². The molecule has 0 aliphatic heterocycles. The highest BCUT2D eigenvalue weighted by Crippen LogP contribution is 2.26. The Morgan fingerprint density at radius 1 is 0.962 bits per heavy atom. The lowest BCUT2D eigenvalue weighted by Crippen LogP contribution is -2.29. The van der Waals surface area contributed by atoms with Gasteiger partial charge in [-0.25, -0.2) is 8.42 Å². The third-order valence-electron chi connectivity index (χ3n) is 3.46. The molecule has 7 nitrogen and oxygen atoms in total. The van der Waals surface area contributed by atoms with Gasteiger partial charge in [-0.15, -0.1) is 10.2 Å². The normalized spacial score (nSPS) is 11.5. The molecule has 1 aromatic heterocycles. The molecule has 0 saturated heterocycles. The number of benzene rings is 2. The SMILES string of the molecule is CC(=O)Nc1nnc(S(=O)(=O)NC(c2ccccc2)c2ccccc2)s1. The summed E-state index contributed by atoms with van der Waals surface area (Å²) in [6.07, 6.45) is 0. The van der Waals surface area contributed by atoms with Crippen molar-refractivity contribution in [2.24, 2.45) is 0 Å². The fourth-order valence-electron chi connectivity index (χ4n) is 2.34. The second-order valence-corrected chi connectivity index (χ2v) is 8.30. The van der Waals surface area contributed by atoms with E-state index in [0.717, 1.165) is 22.5 Å². The lowest BCUT2D eigenvalue weighted by molar-refractivity contribution is -0.114. The van der Waals surface area contributed by atoms with E-state index < -0.39 is 16.1 Å². The minimum absolute atomic E-state index is 0.133. The molecule has 9 heteroatoms. The van der Waals surface area contributed by atoms with E-state index in [1.165, 1.54) is 6.92 Å². The van der Waals surface area contributed by atoms with Gasteiger partial charge in [0.25, 0.3) is 10.0 Å². The average Bonchev–Trinajstić information content (AvgIpc) is 3.10. The summed E-state index contributed by atoms with van der Waals surface area (Å²) in [4.78, 5) is 11.1. The molecule has 0 spiro atoms. The third-order valence-corrected chi connectivity index (χ3v) is 6.09. The second-order valence-electron chi connectivity index (χ2n) is 5.43. The lowest BCUT2D eigenvalue weighted by atomic mass is 10.00. The van der Waals surface area contributed by atoms with Crippen molar-refractivity contribution in [3.63, 3.8) is 0 Å². The maximum Gasteiger partial charge on any atom is 0.270 e. The molecule has 0 saturated carbocycles. The molecule has 0 aliphatic carbocycles. The maximum atomic E-state index is 12.8. The first-order chi connectivity index (χ1) is 12.5. The summed E-state index contributed by atoms with van der Waals surface area (Å²) in [5.74, 6) is -0.343. The molecule has 0 unspecified atom stereocenters. The number of aromatic nitrogens is 2. The fourth-order valence-corrected chi connectivity index (χ4v) is 4.52. The van der Waals surface area contributed by atoms with Crippen LogP contribution in [-0.2, 0) is 14.8 Å². The van der Waals surface area contributed by atoms with Crippen LogP contribution in [0.15, 0.2) is 65.0 Å². The monoisotopic (exact) mass is 388 g/mol. The molecule has 0 aliphatic rings. The van der Waals surface area contributed by atoms with Crippen molar-refractivity contribution in [3.05, 3.63) is 71.8 Å². The number of rotatable bonds is 6. The summed E-state index contributed by atoms with van der Waals surface area (Å²) in [7, 11) is -3.93. The first kappa shape index (κ1) is 18.2. The van der Waals surface area contributed by atoms with Crippen LogP contribution in [0.1, 0.15) is 24.1 Å². The van der Waals surface area contributed by atoms with E-state index >= 15 is 0 Å². The summed E-state index contributed by atoms with van der Waals surface area (Å²) in [5, 5.41) is 9.94. The maximum absolute atomic E-state index is 12.8. The topological polar surface area (TPSA) is 101 Å². The van der Waals surface area contributed by atoms with Gasteiger partial charge in [-0.2, -0.15) is 4.72 Å².